The lowest BCUT2D eigenvalue weighted by Gasteiger charge is -2.14. The number of rotatable bonds is 6. The van der Waals surface area contributed by atoms with E-state index in [9.17, 15) is 23.3 Å². The fraction of sp³-hybridized carbons (Fsp3) is 0.235. The highest BCUT2D eigenvalue weighted by Crippen LogP contribution is 2.26. The molecule has 2 aromatic carbocycles. The molecule has 0 aromatic heterocycles. The van der Waals surface area contributed by atoms with E-state index in [0.717, 1.165) is 4.31 Å². The van der Waals surface area contributed by atoms with Crippen LogP contribution < -0.4 is 5.32 Å². The van der Waals surface area contributed by atoms with Crippen molar-refractivity contribution in [3.05, 3.63) is 62.7 Å². The van der Waals surface area contributed by atoms with Gasteiger partial charge in [0.2, 0.25) is 15.9 Å². The van der Waals surface area contributed by atoms with Crippen molar-refractivity contribution in [2.75, 3.05) is 19.4 Å². The zero-order valence-electron chi connectivity index (χ0n) is 14.9. The summed E-state index contributed by atoms with van der Waals surface area (Å²) in [6.45, 7) is 1.73. The van der Waals surface area contributed by atoms with Gasteiger partial charge in [0.15, 0.2) is 0 Å². The first-order valence-corrected chi connectivity index (χ1v) is 9.60. The summed E-state index contributed by atoms with van der Waals surface area (Å²) in [5.41, 5.74) is 1.17. The number of carbonyl (C=O) groups excluding carboxylic acids is 1. The Morgan fingerprint density at radius 1 is 1.22 bits per heavy atom. The minimum atomic E-state index is -3.64. The molecular formula is C17H18ClN3O5S. The van der Waals surface area contributed by atoms with Crippen LogP contribution in [0, 0.1) is 17.0 Å². The van der Waals surface area contributed by atoms with Crippen molar-refractivity contribution in [1.82, 2.24) is 4.31 Å². The standard InChI is InChI=1S/C17H18ClN3O5S/c1-11-4-6-13(27(25,26)20(2)3)10-15(11)19-17(22)9-12-5-7-14(18)16(8-12)21(23)24/h4-8,10H,9H2,1-3H3,(H,19,22). The lowest BCUT2D eigenvalue weighted by atomic mass is 10.1. The molecule has 2 aromatic rings. The number of halogens is 1. The van der Waals surface area contributed by atoms with Crippen LogP contribution in [-0.4, -0.2) is 37.6 Å². The van der Waals surface area contributed by atoms with Gasteiger partial charge in [-0.25, -0.2) is 12.7 Å². The van der Waals surface area contributed by atoms with Crippen LogP contribution in [0.25, 0.3) is 0 Å². The molecule has 2 rings (SSSR count). The Labute approximate surface area is 162 Å². The highest BCUT2D eigenvalue weighted by molar-refractivity contribution is 7.89. The van der Waals surface area contributed by atoms with E-state index >= 15 is 0 Å². The fourth-order valence-corrected chi connectivity index (χ4v) is 3.41. The Morgan fingerprint density at radius 2 is 1.89 bits per heavy atom. The van der Waals surface area contributed by atoms with E-state index in [0.29, 0.717) is 16.8 Å². The summed E-state index contributed by atoms with van der Waals surface area (Å²) in [4.78, 5) is 22.7. The van der Waals surface area contributed by atoms with Crippen molar-refractivity contribution in [2.24, 2.45) is 0 Å². The van der Waals surface area contributed by atoms with Gasteiger partial charge in [-0.05, 0) is 36.2 Å². The second-order valence-corrected chi connectivity index (χ2v) is 8.59. The summed E-state index contributed by atoms with van der Waals surface area (Å²) in [7, 11) is -0.803. The smallest absolute Gasteiger partial charge is 0.288 e. The van der Waals surface area contributed by atoms with Crippen molar-refractivity contribution >= 4 is 38.9 Å². The minimum Gasteiger partial charge on any atom is -0.326 e. The third-order valence-electron chi connectivity index (χ3n) is 3.83. The molecule has 0 bridgehead atoms. The summed E-state index contributed by atoms with van der Waals surface area (Å²) in [5.74, 6) is -0.436. The SMILES string of the molecule is Cc1ccc(S(=O)(=O)N(C)C)cc1NC(=O)Cc1ccc(Cl)c([N+](=O)[O-])c1. The molecule has 0 radical (unpaired) electrons. The fourth-order valence-electron chi connectivity index (χ4n) is 2.29. The Kier molecular flexibility index (Phi) is 6.19. The number of nitro benzene ring substituents is 1. The zero-order valence-corrected chi connectivity index (χ0v) is 16.5. The van der Waals surface area contributed by atoms with E-state index in [1.807, 2.05) is 0 Å². The molecule has 0 atom stereocenters. The Bertz CT molecular complexity index is 1010. The molecule has 0 aliphatic rings. The van der Waals surface area contributed by atoms with Gasteiger partial charge in [0.1, 0.15) is 5.02 Å². The first-order valence-electron chi connectivity index (χ1n) is 7.78. The van der Waals surface area contributed by atoms with E-state index in [1.165, 1.54) is 44.4 Å². The number of carbonyl (C=O) groups is 1. The summed E-state index contributed by atoms with van der Waals surface area (Å²) in [5, 5.41) is 13.6. The lowest BCUT2D eigenvalue weighted by molar-refractivity contribution is -0.384. The highest BCUT2D eigenvalue weighted by Gasteiger charge is 2.19. The van der Waals surface area contributed by atoms with Crippen LogP contribution in [-0.2, 0) is 21.2 Å². The molecule has 144 valence electrons. The maximum absolute atomic E-state index is 12.3. The van der Waals surface area contributed by atoms with Gasteiger partial charge in [0, 0.05) is 25.8 Å². The molecular weight excluding hydrogens is 394 g/mol. The molecule has 0 spiro atoms. The monoisotopic (exact) mass is 411 g/mol. The molecule has 0 aliphatic heterocycles. The quantitative estimate of drug-likeness (QED) is 0.580. The van der Waals surface area contributed by atoms with Gasteiger partial charge in [0.05, 0.1) is 16.2 Å². The molecule has 0 saturated heterocycles. The van der Waals surface area contributed by atoms with E-state index in [2.05, 4.69) is 5.32 Å². The first-order chi connectivity index (χ1) is 12.5. The average molecular weight is 412 g/mol. The highest BCUT2D eigenvalue weighted by atomic mass is 35.5. The number of nitrogens with one attached hydrogen (secondary N) is 1. The van der Waals surface area contributed by atoms with E-state index in [-0.39, 0.29) is 22.0 Å². The third kappa shape index (κ3) is 4.82. The summed E-state index contributed by atoms with van der Waals surface area (Å²) < 4.78 is 25.6. The molecule has 0 saturated carbocycles. The van der Waals surface area contributed by atoms with Crippen LogP contribution in [0.5, 0.6) is 0 Å². The first kappa shape index (κ1) is 20.8. The van der Waals surface area contributed by atoms with Crippen molar-refractivity contribution in [3.8, 4) is 0 Å². The van der Waals surface area contributed by atoms with Gasteiger partial charge in [-0.3, -0.25) is 14.9 Å². The predicted octanol–water partition coefficient (Wildman–Crippen LogP) is 2.99. The van der Waals surface area contributed by atoms with E-state index in [1.54, 1.807) is 13.0 Å². The Balaban J connectivity index is 2.24. The second-order valence-electron chi connectivity index (χ2n) is 6.03. The van der Waals surface area contributed by atoms with Crippen LogP contribution in [0.15, 0.2) is 41.3 Å². The van der Waals surface area contributed by atoms with Crippen molar-refractivity contribution in [2.45, 2.75) is 18.2 Å². The number of sulfonamides is 1. The molecule has 1 N–H and O–H groups in total. The number of nitrogens with zero attached hydrogens (tertiary/aromatic N) is 2. The van der Waals surface area contributed by atoms with Crippen LogP contribution >= 0.6 is 11.6 Å². The number of hydrogen-bond donors (Lipinski definition) is 1. The van der Waals surface area contributed by atoms with Gasteiger partial charge in [-0.2, -0.15) is 0 Å². The number of hydrogen-bond acceptors (Lipinski definition) is 5. The van der Waals surface area contributed by atoms with Crippen LogP contribution in [0.1, 0.15) is 11.1 Å². The number of benzene rings is 2. The van der Waals surface area contributed by atoms with Gasteiger partial charge in [0.25, 0.3) is 5.69 Å². The van der Waals surface area contributed by atoms with Crippen LogP contribution in [0.4, 0.5) is 11.4 Å². The molecule has 0 aliphatic carbocycles. The van der Waals surface area contributed by atoms with Gasteiger partial charge < -0.3 is 5.32 Å². The molecule has 10 heteroatoms. The number of amides is 1. The summed E-state index contributed by atoms with van der Waals surface area (Å²) in [6.07, 6.45) is -0.123. The van der Waals surface area contributed by atoms with Gasteiger partial charge in [-0.15, -0.1) is 0 Å². The molecule has 0 heterocycles. The van der Waals surface area contributed by atoms with Crippen LogP contribution in [0.3, 0.4) is 0 Å². The number of anilines is 1. The Hall–Kier alpha value is -2.49. The summed E-state index contributed by atoms with van der Waals surface area (Å²) >= 11 is 5.76. The zero-order chi connectivity index (χ0) is 20.4. The topological polar surface area (TPSA) is 110 Å². The average Bonchev–Trinajstić information content (AvgIpc) is 2.58. The van der Waals surface area contributed by atoms with Gasteiger partial charge >= 0.3 is 0 Å². The van der Waals surface area contributed by atoms with Gasteiger partial charge in [-0.1, -0.05) is 23.7 Å². The normalized spacial score (nSPS) is 11.4. The molecule has 27 heavy (non-hydrogen) atoms. The molecule has 0 fully saturated rings. The maximum atomic E-state index is 12.3. The number of nitro groups is 1. The molecule has 1 amide bonds. The van der Waals surface area contributed by atoms with Crippen molar-refractivity contribution < 1.29 is 18.1 Å². The molecule has 8 nitrogen and oxygen atoms in total. The maximum Gasteiger partial charge on any atom is 0.288 e. The van der Waals surface area contributed by atoms with E-state index < -0.39 is 20.9 Å². The largest absolute Gasteiger partial charge is 0.326 e. The van der Waals surface area contributed by atoms with Crippen molar-refractivity contribution in [3.63, 3.8) is 0 Å². The minimum absolute atomic E-state index is 0.0124. The Morgan fingerprint density at radius 3 is 2.48 bits per heavy atom. The number of aryl methyl sites for hydroxylation is 1. The molecule has 0 unspecified atom stereocenters. The predicted molar refractivity (Wildman–Crippen MR) is 102 cm³/mol. The lowest BCUT2D eigenvalue weighted by Crippen LogP contribution is -2.22. The van der Waals surface area contributed by atoms with Crippen LogP contribution in [0.2, 0.25) is 5.02 Å². The van der Waals surface area contributed by atoms with Crippen molar-refractivity contribution in [1.29, 1.82) is 0 Å². The third-order valence-corrected chi connectivity index (χ3v) is 5.96. The summed E-state index contributed by atoms with van der Waals surface area (Å²) in [6, 6.07) is 8.56. The second kappa shape index (κ2) is 8.03. The van der Waals surface area contributed by atoms with E-state index in [4.69, 9.17) is 11.6 Å².